The Morgan fingerprint density at radius 2 is 2.24 bits per heavy atom. The lowest BCUT2D eigenvalue weighted by Crippen LogP contribution is -2.32. The van der Waals surface area contributed by atoms with Crippen LogP contribution in [0.25, 0.3) is 0 Å². The molecular formula is C13H17FN2O. The number of nitrogens with one attached hydrogen (secondary N) is 1. The number of nitriles is 1. The molecule has 1 aromatic rings. The molecular weight excluding hydrogens is 219 g/mol. The lowest BCUT2D eigenvalue weighted by atomic mass is 9.99. The molecule has 0 aliphatic heterocycles. The Bertz CT molecular complexity index is 412. The van der Waals surface area contributed by atoms with Gasteiger partial charge >= 0.3 is 0 Å². The van der Waals surface area contributed by atoms with Gasteiger partial charge in [0.05, 0.1) is 11.7 Å². The highest BCUT2D eigenvalue weighted by atomic mass is 19.1. The van der Waals surface area contributed by atoms with E-state index in [1.54, 1.807) is 19.2 Å². The summed E-state index contributed by atoms with van der Waals surface area (Å²) in [6, 6.07) is 7.80. The van der Waals surface area contributed by atoms with Gasteiger partial charge in [-0.3, -0.25) is 0 Å². The van der Waals surface area contributed by atoms with Crippen LogP contribution in [-0.4, -0.2) is 18.8 Å². The monoisotopic (exact) mass is 236 g/mol. The van der Waals surface area contributed by atoms with Crippen molar-refractivity contribution in [1.29, 1.82) is 5.26 Å². The summed E-state index contributed by atoms with van der Waals surface area (Å²) in [5.41, 5.74) is 0.212. The summed E-state index contributed by atoms with van der Waals surface area (Å²) in [6.45, 7) is 3.81. The summed E-state index contributed by atoms with van der Waals surface area (Å²) in [6.07, 6.45) is 0.524. The van der Waals surface area contributed by atoms with E-state index in [0.717, 1.165) is 0 Å². The number of hydrogen-bond donors (Lipinski definition) is 1. The molecule has 17 heavy (non-hydrogen) atoms. The van der Waals surface area contributed by atoms with Crippen molar-refractivity contribution in [3.63, 3.8) is 0 Å². The third-order valence-electron chi connectivity index (χ3n) is 2.57. The molecule has 0 saturated heterocycles. The Morgan fingerprint density at radius 3 is 2.76 bits per heavy atom. The molecule has 0 fully saturated rings. The first-order chi connectivity index (χ1) is 7.96. The van der Waals surface area contributed by atoms with Gasteiger partial charge in [0.1, 0.15) is 11.9 Å². The van der Waals surface area contributed by atoms with Crippen LogP contribution in [0, 0.1) is 17.1 Å². The molecule has 3 nitrogen and oxygen atoms in total. The number of anilines is 1. The second kappa shape index (κ2) is 5.65. The zero-order chi connectivity index (χ0) is 12.9. The lowest BCUT2D eigenvalue weighted by Gasteiger charge is -2.26. The molecule has 92 valence electrons. The second-order valence-corrected chi connectivity index (χ2v) is 4.50. The van der Waals surface area contributed by atoms with Crippen LogP contribution < -0.4 is 5.32 Å². The normalized spacial score (nSPS) is 12.9. The maximum absolute atomic E-state index is 13.0. The van der Waals surface area contributed by atoms with E-state index in [1.165, 1.54) is 12.1 Å². The molecule has 1 rings (SSSR count). The largest absolute Gasteiger partial charge is 0.379 e. The van der Waals surface area contributed by atoms with E-state index >= 15 is 0 Å². The zero-order valence-corrected chi connectivity index (χ0v) is 10.3. The third kappa shape index (κ3) is 4.41. The number of methoxy groups -OCH3 is 1. The summed E-state index contributed by atoms with van der Waals surface area (Å²) in [7, 11) is 1.61. The molecule has 0 spiro atoms. The Labute approximate surface area is 101 Å². The Morgan fingerprint density at radius 1 is 1.53 bits per heavy atom. The predicted molar refractivity (Wildman–Crippen MR) is 65.1 cm³/mol. The SMILES string of the molecule is COC(C)(C)CC(C#N)Nc1cccc(F)c1. The highest BCUT2D eigenvalue weighted by Gasteiger charge is 2.22. The van der Waals surface area contributed by atoms with Crippen molar-refractivity contribution in [2.45, 2.75) is 31.9 Å². The molecule has 0 bridgehead atoms. The van der Waals surface area contributed by atoms with Gasteiger partial charge in [0.15, 0.2) is 0 Å². The first-order valence-electron chi connectivity index (χ1n) is 5.44. The van der Waals surface area contributed by atoms with E-state index < -0.39 is 6.04 Å². The Hall–Kier alpha value is -1.60. The number of benzene rings is 1. The Kier molecular flexibility index (Phi) is 4.47. The Balaban J connectivity index is 2.68. The maximum atomic E-state index is 13.0. The molecule has 0 aromatic heterocycles. The van der Waals surface area contributed by atoms with Crippen molar-refractivity contribution in [3.05, 3.63) is 30.1 Å². The zero-order valence-electron chi connectivity index (χ0n) is 10.3. The first kappa shape index (κ1) is 13.5. The van der Waals surface area contributed by atoms with Crippen LogP contribution in [0.15, 0.2) is 24.3 Å². The van der Waals surface area contributed by atoms with Gasteiger partial charge < -0.3 is 10.1 Å². The van der Waals surface area contributed by atoms with Gasteiger partial charge in [-0.05, 0) is 32.0 Å². The van der Waals surface area contributed by atoms with Crippen molar-refractivity contribution < 1.29 is 9.13 Å². The van der Waals surface area contributed by atoms with Gasteiger partial charge in [-0.15, -0.1) is 0 Å². The van der Waals surface area contributed by atoms with Crippen molar-refractivity contribution in [1.82, 2.24) is 0 Å². The van der Waals surface area contributed by atoms with Crippen LogP contribution in [0.2, 0.25) is 0 Å². The van der Waals surface area contributed by atoms with Gasteiger partial charge in [0.2, 0.25) is 0 Å². The quantitative estimate of drug-likeness (QED) is 0.854. The first-order valence-corrected chi connectivity index (χ1v) is 5.44. The summed E-state index contributed by atoms with van der Waals surface area (Å²) in [5, 5.41) is 12.0. The molecule has 1 N–H and O–H groups in total. The highest BCUT2D eigenvalue weighted by molar-refractivity contribution is 5.45. The van der Waals surface area contributed by atoms with Crippen LogP contribution in [0.5, 0.6) is 0 Å². The predicted octanol–water partition coefficient (Wildman–Crippen LogP) is 2.94. The van der Waals surface area contributed by atoms with E-state index in [9.17, 15) is 4.39 Å². The van der Waals surface area contributed by atoms with Crippen molar-refractivity contribution in [2.75, 3.05) is 12.4 Å². The van der Waals surface area contributed by atoms with Gasteiger partial charge in [0, 0.05) is 19.2 Å². The molecule has 0 aliphatic rings. The van der Waals surface area contributed by atoms with Gasteiger partial charge in [0.25, 0.3) is 0 Å². The maximum Gasteiger partial charge on any atom is 0.125 e. The highest BCUT2D eigenvalue weighted by Crippen LogP contribution is 2.19. The fourth-order valence-electron chi connectivity index (χ4n) is 1.48. The molecule has 0 amide bonds. The molecule has 1 atom stereocenters. The van der Waals surface area contributed by atoms with E-state index in [1.807, 2.05) is 13.8 Å². The van der Waals surface area contributed by atoms with Crippen LogP contribution in [0.4, 0.5) is 10.1 Å². The van der Waals surface area contributed by atoms with Crippen LogP contribution in [0.3, 0.4) is 0 Å². The fourth-order valence-corrected chi connectivity index (χ4v) is 1.48. The van der Waals surface area contributed by atoms with E-state index in [4.69, 9.17) is 10.00 Å². The summed E-state index contributed by atoms with van der Waals surface area (Å²) in [5.74, 6) is -0.322. The van der Waals surface area contributed by atoms with E-state index in [2.05, 4.69) is 11.4 Å². The number of hydrogen-bond acceptors (Lipinski definition) is 3. The molecule has 0 saturated carbocycles. The fraction of sp³-hybridized carbons (Fsp3) is 0.462. The average Bonchev–Trinajstić information content (AvgIpc) is 2.28. The number of halogens is 1. The summed E-state index contributed by atoms with van der Waals surface area (Å²) >= 11 is 0. The van der Waals surface area contributed by atoms with Gasteiger partial charge in [-0.1, -0.05) is 6.07 Å². The topological polar surface area (TPSA) is 45.0 Å². The van der Waals surface area contributed by atoms with Crippen LogP contribution in [0.1, 0.15) is 20.3 Å². The molecule has 0 radical (unpaired) electrons. The minimum atomic E-state index is -0.410. The minimum Gasteiger partial charge on any atom is -0.379 e. The molecule has 0 heterocycles. The average molecular weight is 236 g/mol. The lowest BCUT2D eigenvalue weighted by molar-refractivity contribution is 0.0148. The molecule has 0 aliphatic carbocycles. The van der Waals surface area contributed by atoms with Crippen LogP contribution >= 0.6 is 0 Å². The standard InChI is InChI=1S/C13H17FN2O/c1-13(2,17-3)8-12(9-15)16-11-6-4-5-10(14)7-11/h4-7,12,16H,8H2,1-3H3. The van der Waals surface area contributed by atoms with Crippen molar-refractivity contribution in [2.24, 2.45) is 0 Å². The van der Waals surface area contributed by atoms with E-state index in [0.29, 0.717) is 12.1 Å². The second-order valence-electron chi connectivity index (χ2n) is 4.50. The number of rotatable bonds is 5. The summed E-state index contributed by atoms with van der Waals surface area (Å²) < 4.78 is 18.2. The summed E-state index contributed by atoms with van der Waals surface area (Å²) in [4.78, 5) is 0. The minimum absolute atomic E-state index is 0.322. The molecule has 4 heteroatoms. The van der Waals surface area contributed by atoms with Gasteiger partial charge in [-0.25, -0.2) is 4.39 Å². The van der Waals surface area contributed by atoms with E-state index in [-0.39, 0.29) is 11.4 Å². The van der Waals surface area contributed by atoms with Crippen LogP contribution in [-0.2, 0) is 4.74 Å². The smallest absolute Gasteiger partial charge is 0.125 e. The number of nitrogens with zero attached hydrogens (tertiary/aromatic N) is 1. The molecule has 1 aromatic carbocycles. The third-order valence-corrected chi connectivity index (χ3v) is 2.57. The van der Waals surface area contributed by atoms with Crippen molar-refractivity contribution >= 4 is 5.69 Å². The number of ether oxygens (including phenoxy) is 1. The molecule has 1 unspecified atom stereocenters. The van der Waals surface area contributed by atoms with Gasteiger partial charge in [-0.2, -0.15) is 5.26 Å². The van der Waals surface area contributed by atoms with Crippen molar-refractivity contribution in [3.8, 4) is 6.07 Å².